The molecular formula is C16H17Cl2N3O2S. The van der Waals surface area contributed by atoms with Crippen molar-refractivity contribution in [1.82, 2.24) is 15.5 Å². The van der Waals surface area contributed by atoms with Crippen LogP contribution in [0.25, 0.3) is 0 Å². The molecule has 0 saturated carbocycles. The fraction of sp³-hybridized carbons (Fsp3) is 0.375. The number of halogens is 2. The van der Waals surface area contributed by atoms with E-state index in [1.165, 1.54) is 0 Å². The minimum absolute atomic E-state index is 0.0122. The summed E-state index contributed by atoms with van der Waals surface area (Å²) in [5, 5.41) is 7.45. The number of morpholine rings is 1. The summed E-state index contributed by atoms with van der Waals surface area (Å²) >= 11 is 17.4. The summed E-state index contributed by atoms with van der Waals surface area (Å²) in [6.07, 6.45) is 0. The van der Waals surface area contributed by atoms with E-state index in [0.717, 1.165) is 5.56 Å². The van der Waals surface area contributed by atoms with Crippen molar-refractivity contribution in [3.63, 3.8) is 0 Å². The molecule has 1 aromatic carbocycles. The van der Waals surface area contributed by atoms with Crippen LogP contribution in [0.5, 0.6) is 0 Å². The highest BCUT2D eigenvalue weighted by Crippen LogP contribution is 2.34. The van der Waals surface area contributed by atoms with Gasteiger partial charge in [-0.05, 0) is 29.9 Å². The van der Waals surface area contributed by atoms with Gasteiger partial charge in [-0.15, -0.1) is 0 Å². The van der Waals surface area contributed by atoms with Crippen molar-refractivity contribution in [2.45, 2.75) is 6.04 Å². The SMILES string of the molecule is C=C1NC(=S)N[C@H](c2ccc(Cl)c(Cl)c2)[C@H]1C(=O)N1CCOCC1. The van der Waals surface area contributed by atoms with Gasteiger partial charge < -0.3 is 20.3 Å². The zero-order chi connectivity index (χ0) is 17.3. The molecule has 24 heavy (non-hydrogen) atoms. The Morgan fingerprint density at radius 1 is 1.29 bits per heavy atom. The average molecular weight is 386 g/mol. The molecule has 8 heteroatoms. The first kappa shape index (κ1) is 17.5. The van der Waals surface area contributed by atoms with E-state index < -0.39 is 5.92 Å². The van der Waals surface area contributed by atoms with Crippen molar-refractivity contribution in [3.05, 3.63) is 46.1 Å². The van der Waals surface area contributed by atoms with Crippen LogP contribution < -0.4 is 10.6 Å². The van der Waals surface area contributed by atoms with Crippen molar-refractivity contribution in [1.29, 1.82) is 0 Å². The number of carbonyl (C=O) groups excluding carboxylic acids is 1. The maximum absolute atomic E-state index is 13.0. The zero-order valence-electron chi connectivity index (χ0n) is 12.9. The number of hydrogen-bond acceptors (Lipinski definition) is 3. The number of rotatable bonds is 2. The number of nitrogens with zero attached hydrogens (tertiary/aromatic N) is 1. The second kappa shape index (κ2) is 7.27. The Hall–Kier alpha value is -1.34. The lowest BCUT2D eigenvalue weighted by atomic mass is 9.88. The Morgan fingerprint density at radius 3 is 2.67 bits per heavy atom. The van der Waals surface area contributed by atoms with Gasteiger partial charge in [-0.2, -0.15) is 0 Å². The topological polar surface area (TPSA) is 53.6 Å². The molecule has 0 aromatic heterocycles. The first-order valence-electron chi connectivity index (χ1n) is 7.55. The predicted molar refractivity (Wildman–Crippen MR) is 98.1 cm³/mol. The van der Waals surface area contributed by atoms with Crippen LogP contribution in [0, 0.1) is 5.92 Å². The van der Waals surface area contributed by atoms with E-state index in [0.29, 0.717) is 47.2 Å². The van der Waals surface area contributed by atoms with Crippen LogP contribution in [-0.2, 0) is 9.53 Å². The second-order valence-electron chi connectivity index (χ2n) is 5.69. The van der Waals surface area contributed by atoms with E-state index >= 15 is 0 Å². The Kier molecular flexibility index (Phi) is 5.30. The lowest BCUT2D eigenvalue weighted by molar-refractivity contribution is -0.139. The molecule has 2 aliphatic heterocycles. The Morgan fingerprint density at radius 2 is 2.00 bits per heavy atom. The number of amides is 1. The van der Waals surface area contributed by atoms with Gasteiger partial charge in [0.25, 0.3) is 0 Å². The number of hydrogen-bond donors (Lipinski definition) is 2. The van der Waals surface area contributed by atoms with E-state index in [-0.39, 0.29) is 11.9 Å². The highest BCUT2D eigenvalue weighted by Gasteiger charge is 2.39. The maximum atomic E-state index is 13.0. The van der Waals surface area contributed by atoms with Crippen molar-refractivity contribution in [2.75, 3.05) is 26.3 Å². The molecule has 2 atom stereocenters. The zero-order valence-corrected chi connectivity index (χ0v) is 15.2. The summed E-state index contributed by atoms with van der Waals surface area (Å²) in [7, 11) is 0. The number of nitrogens with one attached hydrogen (secondary N) is 2. The number of thiocarbonyl (C=S) groups is 1. The van der Waals surface area contributed by atoms with E-state index in [2.05, 4.69) is 17.2 Å². The van der Waals surface area contributed by atoms with Crippen LogP contribution in [0.1, 0.15) is 11.6 Å². The first-order chi connectivity index (χ1) is 11.5. The molecule has 2 N–H and O–H groups in total. The molecule has 1 aromatic rings. The van der Waals surface area contributed by atoms with Gasteiger partial charge in [0.1, 0.15) is 5.92 Å². The molecule has 128 valence electrons. The van der Waals surface area contributed by atoms with E-state index in [1.807, 2.05) is 6.07 Å². The highest BCUT2D eigenvalue weighted by molar-refractivity contribution is 7.80. The average Bonchev–Trinajstić information content (AvgIpc) is 2.57. The van der Waals surface area contributed by atoms with Gasteiger partial charge in [0, 0.05) is 18.8 Å². The molecule has 0 aliphatic carbocycles. The molecule has 0 bridgehead atoms. The quantitative estimate of drug-likeness (QED) is 0.765. The van der Waals surface area contributed by atoms with E-state index in [1.54, 1.807) is 17.0 Å². The fourth-order valence-corrected chi connectivity index (χ4v) is 3.50. The van der Waals surface area contributed by atoms with Crippen LogP contribution in [-0.4, -0.2) is 42.2 Å². The van der Waals surface area contributed by atoms with E-state index in [9.17, 15) is 4.79 Å². The largest absolute Gasteiger partial charge is 0.378 e. The van der Waals surface area contributed by atoms with Gasteiger partial charge in [0.2, 0.25) is 5.91 Å². The van der Waals surface area contributed by atoms with Crippen molar-refractivity contribution in [3.8, 4) is 0 Å². The van der Waals surface area contributed by atoms with Crippen molar-refractivity contribution < 1.29 is 9.53 Å². The second-order valence-corrected chi connectivity index (χ2v) is 6.91. The summed E-state index contributed by atoms with van der Waals surface area (Å²) < 4.78 is 5.32. The van der Waals surface area contributed by atoms with Crippen LogP contribution in [0.3, 0.4) is 0 Å². The fourth-order valence-electron chi connectivity index (χ4n) is 2.94. The summed E-state index contributed by atoms with van der Waals surface area (Å²) in [5.74, 6) is -0.506. The molecule has 2 heterocycles. The molecule has 2 fully saturated rings. The third-order valence-electron chi connectivity index (χ3n) is 4.16. The molecule has 0 unspecified atom stereocenters. The Bertz CT molecular complexity index is 692. The van der Waals surface area contributed by atoms with Gasteiger partial charge in [-0.1, -0.05) is 35.8 Å². The van der Waals surface area contributed by atoms with E-state index in [4.69, 9.17) is 40.2 Å². The number of ether oxygens (including phenoxy) is 1. The van der Waals surface area contributed by atoms with Crippen LogP contribution in [0.15, 0.2) is 30.5 Å². The molecule has 2 aliphatic rings. The summed E-state index contributed by atoms with van der Waals surface area (Å²) in [4.78, 5) is 14.8. The minimum atomic E-state index is -0.493. The van der Waals surface area contributed by atoms with Gasteiger partial charge in [0.05, 0.1) is 29.3 Å². The van der Waals surface area contributed by atoms with Crippen LogP contribution in [0.2, 0.25) is 10.0 Å². The molecular weight excluding hydrogens is 369 g/mol. The summed E-state index contributed by atoms with van der Waals surface area (Å²) in [6, 6.07) is 4.96. The molecule has 3 rings (SSSR count). The monoisotopic (exact) mass is 385 g/mol. The number of carbonyl (C=O) groups is 1. The van der Waals surface area contributed by atoms with Gasteiger partial charge in [-0.3, -0.25) is 4.79 Å². The molecule has 2 saturated heterocycles. The van der Waals surface area contributed by atoms with Crippen LogP contribution >= 0.6 is 35.4 Å². The first-order valence-corrected chi connectivity index (χ1v) is 8.71. The minimum Gasteiger partial charge on any atom is -0.378 e. The molecule has 5 nitrogen and oxygen atoms in total. The highest BCUT2D eigenvalue weighted by atomic mass is 35.5. The smallest absolute Gasteiger partial charge is 0.234 e. The third kappa shape index (κ3) is 3.52. The predicted octanol–water partition coefficient (Wildman–Crippen LogP) is 2.50. The molecule has 1 amide bonds. The molecule has 0 spiro atoms. The maximum Gasteiger partial charge on any atom is 0.234 e. The van der Waals surface area contributed by atoms with Gasteiger partial charge in [-0.25, -0.2) is 0 Å². The normalized spacial score (nSPS) is 24.3. The Balaban J connectivity index is 1.92. The van der Waals surface area contributed by atoms with Gasteiger partial charge >= 0.3 is 0 Å². The lowest BCUT2D eigenvalue weighted by Crippen LogP contribution is -2.55. The van der Waals surface area contributed by atoms with Crippen LogP contribution in [0.4, 0.5) is 0 Å². The standard InChI is InChI=1S/C16H17Cl2N3O2S/c1-9-13(15(22)21-4-6-23-7-5-21)14(20-16(24)19-9)10-2-3-11(17)12(18)8-10/h2-3,8,13-14H,1,4-7H2,(H2,19,20,24)/t13-,14+/m0/s1. The van der Waals surface area contributed by atoms with Crippen molar-refractivity contribution in [2.24, 2.45) is 5.92 Å². The Labute approximate surface area is 155 Å². The van der Waals surface area contributed by atoms with Gasteiger partial charge in [0.15, 0.2) is 5.11 Å². The lowest BCUT2D eigenvalue weighted by Gasteiger charge is -2.39. The van der Waals surface area contributed by atoms with Crippen molar-refractivity contribution >= 4 is 46.4 Å². The third-order valence-corrected chi connectivity index (χ3v) is 5.12. The summed E-state index contributed by atoms with van der Waals surface area (Å²) in [5.41, 5.74) is 1.41. The molecule has 0 radical (unpaired) electrons. The number of benzene rings is 1. The summed E-state index contributed by atoms with van der Waals surface area (Å²) in [6.45, 7) is 6.23.